The van der Waals surface area contributed by atoms with Crippen LogP contribution in [0.4, 0.5) is 5.82 Å². The second-order valence-corrected chi connectivity index (χ2v) is 10.6. The Morgan fingerprint density at radius 3 is 2.51 bits per heavy atom. The molecule has 11 heteroatoms. The minimum absolute atomic E-state index is 0.0910. The molecule has 1 saturated heterocycles. The molecule has 0 aromatic carbocycles. The van der Waals surface area contributed by atoms with Gasteiger partial charge in [0, 0.05) is 63.1 Å². The standard InChI is InChI=1S/C24H28N6O4S/c1-29-8-10-30(11-9-29)23-5-4-20(15-27-23)35(32,33)19-3-2-18(26-14-19)13-28-24(31)21-12-17-6-7-25-16-22(17)34-21/h2-6,12,14-16,24-25,28,31H,7-11,13H2,1H3. The van der Waals surface area contributed by atoms with Crippen molar-refractivity contribution in [1.82, 2.24) is 25.5 Å². The topological polar surface area (TPSA) is 124 Å². The fourth-order valence-corrected chi connectivity index (χ4v) is 5.18. The number of fused-ring (bicyclic) bond motifs is 1. The molecule has 0 radical (unpaired) electrons. The zero-order valence-electron chi connectivity index (χ0n) is 19.4. The summed E-state index contributed by atoms with van der Waals surface area (Å²) in [5, 5.41) is 17.3. The first-order chi connectivity index (χ1) is 16.9. The van der Waals surface area contributed by atoms with Crippen LogP contribution in [0, 0.1) is 0 Å². The highest BCUT2D eigenvalue weighted by atomic mass is 32.2. The van der Waals surface area contributed by atoms with Crippen molar-refractivity contribution in [3.05, 3.63) is 64.8 Å². The second kappa shape index (κ2) is 9.78. The lowest BCUT2D eigenvalue weighted by atomic mass is 10.3. The zero-order valence-corrected chi connectivity index (χ0v) is 20.2. The predicted molar refractivity (Wildman–Crippen MR) is 130 cm³/mol. The van der Waals surface area contributed by atoms with E-state index in [2.05, 4.69) is 37.4 Å². The van der Waals surface area contributed by atoms with E-state index in [-0.39, 0.29) is 16.3 Å². The number of nitrogens with one attached hydrogen (secondary N) is 2. The summed E-state index contributed by atoms with van der Waals surface area (Å²) < 4.78 is 31.7. The Bertz CT molecular complexity index is 1360. The smallest absolute Gasteiger partial charge is 0.209 e. The number of aromatic nitrogens is 2. The molecule has 3 aromatic rings. The normalized spacial score (nSPS) is 17.1. The van der Waals surface area contributed by atoms with Gasteiger partial charge in [-0.2, -0.15) is 0 Å². The largest absolute Gasteiger partial charge is 0.455 e. The lowest BCUT2D eigenvalue weighted by molar-refractivity contribution is 0.110. The number of aliphatic hydroxyl groups is 1. The van der Waals surface area contributed by atoms with Gasteiger partial charge in [-0.05, 0) is 37.4 Å². The molecule has 3 N–H and O–H groups in total. The van der Waals surface area contributed by atoms with Crippen LogP contribution in [0.1, 0.15) is 17.7 Å². The van der Waals surface area contributed by atoms with Gasteiger partial charge in [0.1, 0.15) is 17.0 Å². The van der Waals surface area contributed by atoms with Crippen LogP contribution in [-0.4, -0.2) is 68.2 Å². The third-order valence-electron chi connectivity index (χ3n) is 6.20. The summed E-state index contributed by atoms with van der Waals surface area (Å²) in [5.74, 6) is 1.18. The lowest BCUT2D eigenvalue weighted by Crippen LogP contribution is -2.44. The van der Waals surface area contributed by atoms with Gasteiger partial charge in [0.25, 0.3) is 0 Å². The van der Waals surface area contributed by atoms with Crippen molar-refractivity contribution in [2.75, 3.05) is 44.7 Å². The van der Waals surface area contributed by atoms with Crippen molar-refractivity contribution < 1.29 is 17.9 Å². The van der Waals surface area contributed by atoms with Crippen molar-refractivity contribution >= 4 is 27.9 Å². The number of pyridine rings is 2. The Kier molecular flexibility index (Phi) is 6.56. The van der Waals surface area contributed by atoms with Gasteiger partial charge >= 0.3 is 0 Å². The molecule has 184 valence electrons. The van der Waals surface area contributed by atoms with Gasteiger partial charge in [-0.3, -0.25) is 10.3 Å². The maximum absolute atomic E-state index is 13.0. The van der Waals surface area contributed by atoms with Crippen LogP contribution in [0.25, 0.3) is 12.3 Å². The molecule has 0 saturated carbocycles. The average molecular weight is 497 g/mol. The van der Waals surface area contributed by atoms with E-state index in [1.165, 1.54) is 18.5 Å². The SMILES string of the molecule is CN1CCN(c2ccc(S(=O)(=O)c3ccc(CNC(O)c4cc5c(o4)=CNCC=5)nc3)cn2)CC1. The van der Waals surface area contributed by atoms with Gasteiger partial charge in [-0.15, -0.1) is 0 Å². The van der Waals surface area contributed by atoms with Crippen LogP contribution in [0.15, 0.2) is 56.9 Å². The molecule has 1 unspecified atom stereocenters. The van der Waals surface area contributed by atoms with Crippen molar-refractivity contribution in [3.63, 3.8) is 0 Å². The molecule has 0 bridgehead atoms. The van der Waals surface area contributed by atoms with E-state index in [9.17, 15) is 13.5 Å². The van der Waals surface area contributed by atoms with E-state index >= 15 is 0 Å². The minimum atomic E-state index is -3.74. The zero-order chi connectivity index (χ0) is 24.4. The molecule has 2 aliphatic heterocycles. The molecule has 0 aliphatic carbocycles. The Morgan fingerprint density at radius 1 is 1.11 bits per heavy atom. The van der Waals surface area contributed by atoms with Gasteiger partial charge in [0.05, 0.1) is 15.5 Å². The first-order valence-electron chi connectivity index (χ1n) is 11.4. The van der Waals surface area contributed by atoms with Crippen molar-refractivity contribution in [1.29, 1.82) is 0 Å². The van der Waals surface area contributed by atoms with Crippen molar-refractivity contribution in [2.45, 2.75) is 22.6 Å². The molecule has 0 amide bonds. The van der Waals surface area contributed by atoms with E-state index < -0.39 is 16.1 Å². The Balaban J connectivity index is 1.22. The monoisotopic (exact) mass is 496 g/mol. The van der Waals surface area contributed by atoms with Gasteiger partial charge in [-0.1, -0.05) is 6.08 Å². The maximum atomic E-state index is 13.0. The third kappa shape index (κ3) is 5.08. The minimum Gasteiger partial charge on any atom is -0.455 e. The molecular formula is C24H28N6O4S. The fourth-order valence-electron chi connectivity index (χ4n) is 4.03. The summed E-state index contributed by atoms with van der Waals surface area (Å²) in [4.78, 5) is 13.3. The predicted octanol–water partition coefficient (Wildman–Crippen LogP) is -0.443. The number of likely N-dealkylation sites (N-methyl/N-ethyl adjacent to an activating group) is 1. The Labute approximate surface area is 203 Å². The molecule has 35 heavy (non-hydrogen) atoms. The van der Waals surface area contributed by atoms with Crippen molar-refractivity contribution in [3.8, 4) is 0 Å². The highest BCUT2D eigenvalue weighted by Crippen LogP contribution is 2.22. The number of nitrogens with zero attached hydrogens (tertiary/aromatic N) is 4. The van der Waals surface area contributed by atoms with Gasteiger partial charge < -0.3 is 24.6 Å². The summed E-state index contributed by atoms with van der Waals surface area (Å²) in [6, 6.07) is 8.27. The Hall–Kier alpha value is -3.25. The van der Waals surface area contributed by atoms with Crippen LogP contribution < -0.4 is 26.2 Å². The molecule has 3 aromatic heterocycles. The van der Waals surface area contributed by atoms with Crippen LogP contribution >= 0.6 is 0 Å². The number of aliphatic hydroxyl groups excluding tert-OH is 1. The summed E-state index contributed by atoms with van der Waals surface area (Å²) >= 11 is 0. The third-order valence-corrected chi connectivity index (χ3v) is 7.92. The van der Waals surface area contributed by atoms with Crippen LogP contribution in [0.2, 0.25) is 0 Å². The molecule has 2 aliphatic rings. The highest BCUT2D eigenvalue weighted by molar-refractivity contribution is 7.91. The van der Waals surface area contributed by atoms with Crippen LogP contribution in [0.5, 0.6) is 0 Å². The molecule has 1 fully saturated rings. The quantitative estimate of drug-likeness (QED) is 0.371. The number of furan rings is 1. The number of piperazine rings is 1. The first-order valence-corrected chi connectivity index (χ1v) is 12.9. The highest BCUT2D eigenvalue weighted by Gasteiger charge is 2.21. The van der Waals surface area contributed by atoms with E-state index in [4.69, 9.17) is 4.42 Å². The molecule has 0 spiro atoms. The van der Waals surface area contributed by atoms with Gasteiger partial charge in [0.15, 0.2) is 6.23 Å². The molecule has 1 atom stereocenters. The maximum Gasteiger partial charge on any atom is 0.209 e. The summed E-state index contributed by atoms with van der Waals surface area (Å²) in [6.07, 6.45) is 5.46. The van der Waals surface area contributed by atoms with Crippen LogP contribution in [0.3, 0.4) is 0 Å². The Morgan fingerprint density at radius 2 is 1.86 bits per heavy atom. The van der Waals surface area contributed by atoms with Gasteiger partial charge in [0.2, 0.25) is 9.84 Å². The van der Waals surface area contributed by atoms with Gasteiger partial charge in [-0.25, -0.2) is 13.4 Å². The van der Waals surface area contributed by atoms with Crippen LogP contribution in [-0.2, 0) is 16.4 Å². The number of anilines is 1. The number of sulfone groups is 1. The molecule has 5 rings (SSSR count). The first kappa shape index (κ1) is 23.5. The van der Waals surface area contributed by atoms with E-state index in [1.54, 1.807) is 30.5 Å². The second-order valence-electron chi connectivity index (χ2n) is 8.64. The number of hydrogen-bond acceptors (Lipinski definition) is 10. The molecule has 10 nitrogen and oxygen atoms in total. The summed E-state index contributed by atoms with van der Waals surface area (Å²) in [7, 11) is -1.66. The average Bonchev–Trinajstić information content (AvgIpc) is 3.33. The van der Waals surface area contributed by atoms with E-state index in [0.29, 0.717) is 23.4 Å². The van der Waals surface area contributed by atoms with Crippen molar-refractivity contribution in [2.24, 2.45) is 0 Å². The fraction of sp³-hybridized carbons (Fsp3) is 0.333. The summed E-state index contributed by atoms with van der Waals surface area (Å²) in [5.41, 5.74) is 1.26. The number of hydrogen-bond donors (Lipinski definition) is 3. The molecule has 5 heterocycles. The van der Waals surface area contributed by atoms with E-state index in [1.807, 2.05) is 6.08 Å². The molecular weight excluding hydrogens is 468 g/mol. The summed E-state index contributed by atoms with van der Waals surface area (Å²) in [6.45, 7) is 4.57. The number of rotatable bonds is 7. The van der Waals surface area contributed by atoms with E-state index in [0.717, 1.165) is 37.2 Å². The lowest BCUT2D eigenvalue weighted by Gasteiger charge is -2.33.